The van der Waals surface area contributed by atoms with Crippen LogP contribution in [0.4, 0.5) is 5.82 Å². The maximum atomic E-state index is 12.2. The molecule has 0 aliphatic carbocycles. The average Bonchev–Trinajstić information content (AvgIpc) is 3.12. The van der Waals surface area contributed by atoms with Crippen LogP contribution in [0.3, 0.4) is 0 Å². The SMILES string of the molecule is CCS(=O)(=O)c1ccc2c(c1)C(c1ccnc(N3CCOCC3)c1)=NC2. The average molecular weight is 371 g/mol. The van der Waals surface area contributed by atoms with E-state index in [4.69, 9.17) is 4.74 Å². The van der Waals surface area contributed by atoms with Crippen LogP contribution in [0.15, 0.2) is 46.4 Å². The van der Waals surface area contributed by atoms with Gasteiger partial charge in [-0.3, -0.25) is 4.99 Å². The fourth-order valence-electron chi connectivity index (χ4n) is 3.30. The third kappa shape index (κ3) is 3.12. The van der Waals surface area contributed by atoms with Crippen molar-refractivity contribution in [3.8, 4) is 0 Å². The van der Waals surface area contributed by atoms with Crippen LogP contribution in [0.2, 0.25) is 0 Å². The van der Waals surface area contributed by atoms with Gasteiger partial charge in [-0.15, -0.1) is 0 Å². The zero-order valence-corrected chi connectivity index (χ0v) is 15.5. The summed E-state index contributed by atoms with van der Waals surface area (Å²) in [7, 11) is -3.24. The number of ether oxygens (including phenoxy) is 1. The minimum absolute atomic E-state index is 0.0920. The summed E-state index contributed by atoms with van der Waals surface area (Å²) in [6.45, 7) is 5.28. The molecule has 0 N–H and O–H groups in total. The number of hydrogen-bond donors (Lipinski definition) is 0. The first-order valence-electron chi connectivity index (χ1n) is 8.78. The molecule has 2 aromatic rings. The molecule has 2 aliphatic heterocycles. The second-order valence-electron chi connectivity index (χ2n) is 6.39. The van der Waals surface area contributed by atoms with Gasteiger partial charge < -0.3 is 9.64 Å². The number of aromatic nitrogens is 1. The molecule has 26 heavy (non-hydrogen) atoms. The largest absolute Gasteiger partial charge is 0.378 e. The molecule has 3 heterocycles. The van der Waals surface area contributed by atoms with Gasteiger partial charge in [-0.2, -0.15) is 0 Å². The molecule has 1 aromatic heterocycles. The van der Waals surface area contributed by atoms with Gasteiger partial charge in [0.2, 0.25) is 0 Å². The van der Waals surface area contributed by atoms with Crippen LogP contribution >= 0.6 is 0 Å². The van der Waals surface area contributed by atoms with Crippen LogP contribution in [0, 0.1) is 0 Å². The standard InChI is InChI=1S/C19H21N3O3S/c1-2-26(23,24)16-4-3-15-13-21-19(17(15)12-16)14-5-6-20-18(11-14)22-7-9-25-10-8-22/h3-6,11-12H,2,7-10,13H2,1H3. The summed E-state index contributed by atoms with van der Waals surface area (Å²) in [5.74, 6) is 0.994. The highest BCUT2D eigenvalue weighted by Gasteiger charge is 2.22. The van der Waals surface area contributed by atoms with E-state index in [-0.39, 0.29) is 5.75 Å². The summed E-state index contributed by atoms with van der Waals surface area (Å²) >= 11 is 0. The zero-order valence-electron chi connectivity index (χ0n) is 14.7. The van der Waals surface area contributed by atoms with Gasteiger partial charge in [0.15, 0.2) is 9.84 Å². The Hall–Kier alpha value is -2.25. The number of nitrogens with zero attached hydrogens (tertiary/aromatic N) is 3. The second-order valence-corrected chi connectivity index (χ2v) is 8.67. The molecule has 6 nitrogen and oxygen atoms in total. The molecule has 1 fully saturated rings. The van der Waals surface area contributed by atoms with Gasteiger partial charge in [0.05, 0.1) is 36.1 Å². The summed E-state index contributed by atoms with van der Waals surface area (Å²) in [4.78, 5) is 11.7. The van der Waals surface area contributed by atoms with Crippen molar-refractivity contribution in [2.75, 3.05) is 37.0 Å². The molecule has 1 saturated heterocycles. The highest BCUT2D eigenvalue weighted by atomic mass is 32.2. The molecule has 0 bridgehead atoms. The van der Waals surface area contributed by atoms with Gasteiger partial charge >= 0.3 is 0 Å². The summed E-state index contributed by atoms with van der Waals surface area (Å²) < 4.78 is 29.9. The molecular formula is C19H21N3O3S. The Morgan fingerprint density at radius 2 is 1.96 bits per heavy atom. The lowest BCUT2D eigenvalue weighted by atomic mass is 10.0. The second kappa shape index (κ2) is 6.81. The highest BCUT2D eigenvalue weighted by Crippen LogP contribution is 2.27. The number of hydrogen-bond acceptors (Lipinski definition) is 6. The molecule has 0 amide bonds. The highest BCUT2D eigenvalue weighted by molar-refractivity contribution is 7.91. The Balaban J connectivity index is 1.70. The molecular weight excluding hydrogens is 350 g/mol. The molecule has 4 rings (SSSR count). The van der Waals surface area contributed by atoms with Crippen molar-refractivity contribution in [2.45, 2.75) is 18.4 Å². The lowest BCUT2D eigenvalue weighted by molar-refractivity contribution is 0.122. The van der Waals surface area contributed by atoms with Crippen molar-refractivity contribution >= 4 is 21.4 Å². The predicted molar refractivity (Wildman–Crippen MR) is 101 cm³/mol. The zero-order chi connectivity index (χ0) is 18.1. The normalized spacial score (nSPS) is 17.1. The fraction of sp³-hybridized carbons (Fsp3) is 0.368. The molecule has 0 saturated carbocycles. The Bertz CT molecular complexity index is 964. The van der Waals surface area contributed by atoms with Crippen molar-refractivity contribution in [3.63, 3.8) is 0 Å². The third-order valence-corrected chi connectivity index (χ3v) is 6.57. The van der Waals surface area contributed by atoms with Crippen molar-refractivity contribution in [3.05, 3.63) is 53.2 Å². The molecule has 0 atom stereocenters. The smallest absolute Gasteiger partial charge is 0.178 e. The molecule has 1 aromatic carbocycles. The minimum Gasteiger partial charge on any atom is -0.378 e. The molecule has 136 valence electrons. The van der Waals surface area contributed by atoms with E-state index in [9.17, 15) is 8.42 Å². The summed E-state index contributed by atoms with van der Waals surface area (Å²) in [6.07, 6.45) is 1.79. The first kappa shape index (κ1) is 17.2. The van der Waals surface area contributed by atoms with E-state index < -0.39 is 9.84 Å². The number of anilines is 1. The maximum Gasteiger partial charge on any atom is 0.178 e. The first-order valence-corrected chi connectivity index (χ1v) is 10.4. The molecule has 2 aliphatic rings. The minimum atomic E-state index is -3.24. The number of pyridine rings is 1. The number of aliphatic imine (C=N–C) groups is 1. The Kier molecular flexibility index (Phi) is 4.50. The number of fused-ring (bicyclic) bond motifs is 1. The first-order chi connectivity index (χ1) is 12.6. The van der Waals surface area contributed by atoms with E-state index in [1.165, 1.54) is 0 Å². The lowest BCUT2D eigenvalue weighted by Crippen LogP contribution is -2.36. The van der Waals surface area contributed by atoms with Gasteiger partial charge in [-0.25, -0.2) is 13.4 Å². The van der Waals surface area contributed by atoms with Crippen LogP contribution < -0.4 is 4.90 Å². The molecule has 0 spiro atoms. The molecule has 7 heteroatoms. The third-order valence-electron chi connectivity index (χ3n) is 4.84. The summed E-state index contributed by atoms with van der Waals surface area (Å²) in [6, 6.07) is 9.27. The predicted octanol–water partition coefficient (Wildman–Crippen LogP) is 2.06. The van der Waals surface area contributed by atoms with Gasteiger partial charge in [0.1, 0.15) is 5.82 Å². The van der Waals surface area contributed by atoms with Crippen LogP contribution in [0.5, 0.6) is 0 Å². The van der Waals surface area contributed by atoms with E-state index in [0.29, 0.717) is 24.7 Å². The topological polar surface area (TPSA) is 71.9 Å². The Labute approximate surface area is 153 Å². The number of sulfone groups is 1. The quantitative estimate of drug-likeness (QED) is 0.823. The van der Waals surface area contributed by atoms with E-state index >= 15 is 0 Å². The Morgan fingerprint density at radius 3 is 2.73 bits per heavy atom. The van der Waals surface area contributed by atoms with Crippen LogP contribution in [-0.4, -0.2) is 51.2 Å². The van der Waals surface area contributed by atoms with Crippen molar-refractivity contribution < 1.29 is 13.2 Å². The van der Waals surface area contributed by atoms with Crippen molar-refractivity contribution in [2.24, 2.45) is 4.99 Å². The fourth-order valence-corrected chi connectivity index (χ4v) is 4.21. The summed E-state index contributed by atoms with van der Waals surface area (Å²) in [5, 5.41) is 0. The van der Waals surface area contributed by atoms with E-state index in [2.05, 4.69) is 14.9 Å². The van der Waals surface area contributed by atoms with Gasteiger partial charge in [0.25, 0.3) is 0 Å². The van der Waals surface area contributed by atoms with Crippen molar-refractivity contribution in [1.29, 1.82) is 0 Å². The van der Waals surface area contributed by atoms with E-state index in [0.717, 1.165) is 41.3 Å². The van der Waals surface area contributed by atoms with Gasteiger partial charge in [0, 0.05) is 30.4 Å². The number of morpholine rings is 1. The van der Waals surface area contributed by atoms with Gasteiger partial charge in [-0.1, -0.05) is 13.0 Å². The number of benzene rings is 1. The van der Waals surface area contributed by atoms with E-state index in [1.54, 1.807) is 25.3 Å². The molecule has 0 radical (unpaired) electrons. The van der Waals surface area contributed by atoms with E-state index in [1.807, 2.05) is 18.2 Å². The maximum absolute atomic E-state index is 12.2. The van der Waals surface area contributed by atoms with Crippen LogP contribution in [0.1, 0.15) is 23.6 Å². The van der Waals surface area contributed by atoms with Crippen LogP contribution in [-0.2, 0) is 21.1 Å². The lowest BCUT2D eigenvalue weighted by Gasteiger charge is -2.28. The molecule has 0 unspecified atom stereocenters. The monoisotopic (exact) mass is 371 g/mol. The van der Waals surface area contributed by atoms with Gasteiger partial charge in [-0.05, 0) is 29.8 Å². The number of rotatable bonds is 4. The summed E-state index contributed by atoms with van der Waals surface area (Å²) in [5.41, 5.74) is 3.76. The van der Waals surface area contributed by atoms with Crippen LogP contribution in [0.25, 0.3) is 0 Å². The Morgan fingerprint density at radius 1 is 1.15 bits per heavy atom. The van der Waals surface area contributed by atoms with Crippen molar-refractivity contribution in [1.82, 2.24) is 4.98 Å².